The van der Waals surface area contributed by atoms with Crippen molar-refractivity contribution in [2.75, 3.05) is 72.3 Å². The molecule has 1 atom stereocenters. The van der Waals surface area contributed by atoms with E-state index in [-0.39, 0.29) is 6.10 Å². The maximum atomic E-state index is 5.82. The predicted molar refractivity (Wildman–Crippen MR) is 112 cm³/mol. The Labute approximate surface area is 174 Å². The van der Waals surface area contributed by atoms with Crippen LogP contribution in [0, 0.1) is 0 Å². The Hall–Kier alpha value is -1.61. The van der Waals surface area contributed by atoms with Crippen molar-refractivity contribution in [3.63, 3.8) is 0 Å². The summed E-state index contributed by atoms with van der Waals surface area (Å²) in [7, 11) is 0. The number of nitrogens with zero attached hydrogens (tertiary/aromatic N) is 2. The van der Waals surface area contributed by atoms with E-state index in [1.807, 2.05) is 12.1 Å². The zero-order valence-electron chi connectivity index (χ0n) is 17.4. The van der Waals surface area contributed by atoms with Gasteiger partial charge in [0.15, 0.2) is 5.96 Å². The quantitative estimate of drug-likeness (QED) is 0.306. The molecule has 164 valence electrons. The molecule has 3 heterocycles. The fourth-order valence-corrected chi connectivity index (χ4v) is 3.42. The fourth-order valence-electron chi connectivity index (χ4n) is 3.42. The number of morpholine rings is 1. The van der Waals surface area contributed by atoms with Gasteiger partial charge < -0.3 is 29.3 Å². The first-order chi connectivity index (χ1) is 14.4. The maximum Gasteiger partial charge on any atom is 0.191 e. The maximum absolute atomic E-state index is 5.82. The Balaban J connectivity index is 1.33. The van der Waals surface area contributed by atoms with Crippen LogP contribution in [0.25, 0.3) is 0 Å². The zero-order chi connectivity index (χ0) is 20.0. The van der Waals surface area contributed by atoms with E-state index in [0.717, 1.165) is 110 Å². The lowest BCUT2D eigenvalue weighted by molar-refractivity contribution is 0.0376. The summed E-state index contributed by atoms with van der Waals surface area (Å²) in [6.07, 6.45) is 5.82. The van der Waals surface area contributed by atoms with Crippen LogP contribution < -0.4 is 10.6 Å². The Morgan fingerprint density at radius 2 is 2.03 bits per heavy atom. The minimum atomic E-state index is 0.267. The van der Waals surface area contributed by atoms with E-state index in [1.54, 1.807) is 6.26 Å². The predicted octanol–water partition coefficient (Wildman–Crippen LogP) is 1.28. The summed E-state index contributed by atoms with van der Waals surface area (Å²) in [5.74, 6) is 1.85. The van der Waals surface area contributed by atoms with Gasteiger partial charge in [-0.05, 0) is 37.9 Å². The monoisotopic (exact) mass is 408 g/mol. The highest BCUT2D eigenvalue weighted by molar-refractivity contribution is 5.79. The van der Waals surface area contributed by atoms with Crippen LogP contribution >= 0.6 is 0 Å². The SMILES string of the molecule is c1coc(CCNC(=NCCCOC2CCOC2)NCCCN2CCOCC2)c1. The van der Waals surface area contributed by atoms with Gasteiger partial charge in [-0.2, -0.15) is 0 Å². The molecule has 0 amide bonds. The molecule has 2 N–H and O–H groups in total. The number of nitrogens with one attached hydrogen (secondary N) is 2. The van der Waals surface area contributed by atoms with Gasteiger partial charge in [-0.25, -0.2) is 0 Å². The Morgan fingerprint density at radius 3 is 2.83 bits per heavy atom. The van der Waals surface area contributed by atoms with Gasteiger partial charge in [0.1, 0.15) is 5.76 Å². The van der Waals surface area contributed by atoms with Crippen LogP contribution in [0.3, 0.4) is 0 Å². The second kappa shape index (κ2) is 13.6. The molecular weight excluding hydrogens is 372 g/mol. The molecule has 3 rings (SSSR count). The summed E-state index contributed by atoms with van der Waals surface area (Å²) >= 11 is 0. The molecule has 8 nitrogen and oxygen atoms in total. The lowest BCUT2D eigenvalue weighted by Gasteiger charge is -2.26. The Morgan fingerprint density at radius 1 is 1.14 bits per heavy atom. The summed E-state index contributed by atoms with van der Waals surface area (Å²) in [5.41, 5.74) is 0. The standard InChI is InChI=1S/C21H36N4O4/c1-4-19(28-13-1)5-9-24-21(22-7-2-10-25-11-16-26-17-12-25)23-8-3-14-29-20-6-15-27-18-20/h1,4,13,20H,2-3,5-12,14-18H2,(H2,22,23,24). The number of rotatable bonds is 12. The summed E-state index contributed by atoms with van der Waals surface area (Å²) in [6, 6.07) is 3.92. The fraction of sp³-hybridized carbons (Fsp3) is 0.762. The minimum Gasteiger partial charge on any atom is -0.469 e. The van der Waals surface area contributed by atoms with Crippen molar-refractivity contribution in [2.24, 2.45) is 4.99 Å². The van der Waals surface area contributed by atoms with Crippen LogP contribution in [0.2, 0.25) is 0 Å². The van der Waals surface area contributed by atoms with Gasteiger partial charge in [0.25, 0.3) is 0 Å². The van der Waals surface area contributed by atoms with E-state index in [1.165, 1.54) is 0 Å². The van der Waals surface area contributed by atoms with Gasteiger partial charge in [-0.1, -0.05) is 0 Å². The van der Waals surface area contributed by atoms with Crippen molar-refractivity contribution < 1.29 is 18.6 Å². The summed E-state index contributed by atoms with van der Waals surface area (Å²) in [6.45, 7) is 9.58. The summed E-state index contributed by atoms with van der Waals surface area (Å²) in [5, 5.41) is 6.87. The van der Waals surface area contributed by atoms with Crippen LogP contribution in [0.15, 0.2) is 27.8 Å². The van der Waals surface area contributed by atoms with Gasteiger partial charge >= 0.3 is 0 Å². The van der Waals surface area contributed by atoms with Crippen molar-refractivity contribution in [2.45, 2.75) is 31.8 Å². The van der Waals surface area contributed by atoms with Crippen LogP contribution in [0.5, 0.6) is 0 Å². The molecule has 0 aliphatic carbocycles. The number of aliphatic imine (C=N–C) groups is 1. The molecule has 2 saturated heterocycles. The first-order valence-corrected chi connectivity index (χ1v) is 10.9. The molecule has 2 aliphatic rings. The lowest BCUT2D eigenvalue weighted by atomic mass is 10.3. The van der Waals surface area contributed by atoms with E-state index in [2.05, 4.69) is 15.5 Å². The van der Waals surface area contributed by atoms with Gasteiger partial charge in [0.2, 0.25) is 0 Å². The average molecular weight is 409 g/mol. The molecule has 1 aromatic heterocycles. The van der Waals surface area contributed by atoms with E-state index in [4.69, 9.17) is 23.6 Å². The van der Waals surface area contributed by atoms with Gasteiger partial charge in [-0.15, -0.1) is 0 Å². The normalized spacial score (nSPS) is 20.8. The number of guanidine groups is 1. The van der Waals surface area contributed by atoms with Crippen LogP contribution in [0.1, 0.15) is 25.0 Å². The third-order valence-corrected chi connectivity index (χ3v) is 5.11. The van der Waals surface area contributed by atoms with Crippen LogP contribution in [0.4, 0.5) is 0 Å². The molecule has 0 spiro atoms. The number of furan rings is 1. The van der Waals surface area contributed by atoms with Crippen molar-refractivity contribution in [1.29, 1.82) is 0 Å². The first kappa shape index (κ1) is 22.1. The van der Waals surface area contributed by atoms with E-state index >= 15 is 0 Å². The van der Waals surface area contributed by atoms with Crippen LogP contribution in [-0.4, -0.2) is 89.3 Å². The summed E-state index contributed by atoms with van der Waals surface area (Å²) < 4.78 is 22.0. The number of hydrogen-bond donors (Lipinski definition) is 2. The van der Waals surface area contributed by atoms with E-state index in [9.17, 15) is 0 Å². The molecule has 1 aromatic rings. The smallest absolute Gasteiger partial charge is 0.191 e. The molecule has 29 heavy (non-hydrogen) atoms. The first-order valence-electron chi connectivity index (χ1n) is 10.9. The van der Waals surface area contributed by atoms with E-state index < -0.39 is 0 Å². The largest absolute Gasteiger partial charge is 0.469 e. The second-order valence-corrected chi connectivity index (χ2v) is 7.43. The lowest BCUT2D eigenvalue weighted by Crippen LogP contribution is -2.41. The van der Waals surface area contributed by atoms with Gasteiger partial charge in [-0.3, -0.25) is 9.89 Å². The van der Waals surface area contributed by atoms with Crippen molar-refractivity contribution >= 4 is 5.96 Å². The van der Waals surface area contributed by atoms with E-state index in [0.29, 0.717) is 0 Å². The van der Waals surface area contributed by atoms with Crippen molar-refractivity contribution in [3.8, 4) is 0 Å². The second-order valence-electron chi connectivity index (χ2n) is 7.43. The molecule has 0 radical (unpaired) electrons. The minimum absolute atomic E-state index is 0.267. The molecule has 0 saturated carbocycles. The summed E-state index contributed by atoms with van der Waals surface area (Å²) in [4.78, 5) is 7.16. The molecule has 2 aliphatic heterocycles. The molecule has 0 bridgehead atoms. The molecule has 0 aromatic carbocycles. The highest BCUT2D eigenvalue weighted by Gasteiger charge is 2.15. The van der Waals surface area contributed by atoms with Crippen molar-refractivity contribution in [3.05, 3.63) is 24.2 Å². The number of ether oxygens (including phenoxy) is 3. The van der Waals surface area contributed by atoms with Gasteiger partial charge in [0, 0.05) is 52.4 Å². The molecular formula is C21H36N4O4. The number of hydrogen-bond acceptors (Lipinski definition) is 6. The van der Waals surface area contributed by atoms with Crippen molar-refractivity contribution in [1.82, 2.24) is 15.5 Å². The third kappa shape index (κ3) is 9.16. The highest BCUT2D eigenvalue weighted by atomic mass is 16.5. The molecule has 1 unspecified atom stereocenters. The Bertz CT molecular complexity index is 555. The molecule has 2 fully saturated rings. The highest BCUT2D eigenvalue weighted by Crippen LogP contribution is 2.08. The van der Waals surface area contributed by atoms with Gasteiger partial charge in [0.05, 0.1) is 32.2 Å². The average Bonchev–Trinajstić information content (AvgIpc) is 3.45. The third-order valence-electron chi connectivity index (χ3n) is 5.11. The topological polar surface area (TPSA) is 80.5 Å². The Kier molecular flexibility index (Phi) is 10.3. The molecule has 8 heteroatoms. The zero-order valence-corrected chi connectivity index (χ0v) is 17.4. The van der Waals surface area contributed by atoms with Crippen LogP contribution in [-0.2, 0) is 20.6 Å².